The Hall–Kier alpha value is 0.270. The molecule has 0 bridgehead atoms. The molecule has 1 N–H and O–H groups in total. The average Bonchev–Trinajstić information content (AvgIpc) is 2.72. The van der Waals surface area contributed by atoms with E-state index in [-0.39, 0.29) is 0 Å². The topological polar surface area (TPSA) is 21.3 Å². The number of nitrogens with one attached hydrogen (secondary N) is 1. The molecule has 0 aromatic rings. The lowest BCUT2D eigenvalue weighted by Crippen LogP contribution is -2.67. The summed E-state index contributed by atoms with van der Waals surface area (Å²) in [5, 5.41) is 3.85. The van der Waals surface area contributed by atoms with Crippen LogP contribution in [-0.2, 0) is 4.74 Å². The summed E-state index contributed by atoms with van der Waals surface area (Å²) < 4.78 is 5.89. The maximum atomic E-state index is 5.89. The minimum absolute atomic E-state index is 0.543. The van der Waals surface area contributed by atoms with E-state index in [0.29, 0.717) is 11.5 Å². The molecule has 17 heavy (non-hydrogen) atoms. The van der Waals surface area contributed by atoms with Crippen LogP contribution >= 0.6 is 11.8 Å². The van der Waals surface area contributed by atoms with E-state index in [2.05, 4.69) is 24.0 Å². The highest BCUT2D eigenvalue weighted by Crippen LogP contribution is 2.57. The largest absolute Gasteiger partial charge is 0.378 e. The lowest BCUT2D eigenvalue weighted by molar-refractivity contribution is -0.173. The minimum Gasteiger partial charge on any atom is -0.378 e. The predicted molar refractivity (Wildman–Crippen MR) is 73.5 cm³/mol. The van der Waals surface area contributed by atoms with E-state index >= 15 is 0 Å². The van der Waals surface area contributed by atoms with Crippen LogP contribution in [0.5, 0.6) is 0 Å². The molecule has 3 aliphatic rings. The molecular weight excluding hydrogens is 230 g/mol. The van der Waals surface area contributed by atoms with E-state index in [1.165, 1.54) is 50.2 Å². The van der Waals surface area contributed by atoms with Gasteiger partial charge in [-0.2, -0.15) is 11.8 Å². The van der Waals surface area contributed by atoms with Crippen LogP contribution in [0.25, 0.3) is 0 Å². The standard InChI is InChI=1S/C14H25NOS/c1-2-16-13-8-12(14(13)5-3-6-14)15-9-11-4-7-17-10-11/h11-13,15H,2-10H2,1H3. The van der Waals surface area contributed by atoms with Crippen LogP contribution < -0.4 is 5.32 Å². The summed E-state index contributed by atoms with van der Waals surface area (Å²) in [6.07, 6.45) is 7.46. The van der Waals surface area contributed by atoms with Gasteiger partial charge < -0.3 is 10.1 Å². The second-order valence-corrected chi connectivity index (χ2v) is 7.11. The molecule has 2 aliphatic carbocycles. The van der Waals surface area contributed by atoms with Crippen molar-refractivity contribution in [2.45, 2.75) is 51.2 Å². The molecule has 2 nitrogen and oxygen atoms in total. The third-order valence-electron chi connectivity index (χ3n) is 5.11. The van der Waals surface area contributed by atoms with Crippen LogP contribution in [-0.4, -0.2) is 36.8 Å². The van der Waals surface area contributed by atoms with E-state index in [1.807, 2.05) is 0 Å². The molecule has 0 amide bonds. The molecule has 3 heteroatoms. The molecule has 2 saturated carbocycles. The highest BCUT2D eigenvalue weighted by Gasteiger charge is 2.58. The average molecular weight is 255 g/mol. The number of ether oxygens (including phenoxy) is 1. The van der Waals surface area contributed by atoms with E-state index in [9.17, 15) is 0 Å². The summed E-state index contributed by atoms with van der Waals surface area (Å²) >= 11 is 2.12. The lowest BCUT2D eigenvalue weighted by Gasteiger charge is -2.61. The Morgan fingerprint density at radius 3 is 2.88 bits per heavy atom. The van der Waals surface area contributed by atoms with Gasteiger partial charge in [0.15, 0.2) is 0 Å². The molecule has 1 heterocycles. The lowest BCUT2D eigenvalue weighted by atomic mass is 9.51. The molecule has 3 rings (SSSR count). The molecule has 3 fully saturated rings. The molecule has 3 atom stereocenters. The van der Waals surface area contributed by atoms with Gasteiger partial charge in [0.1, 0.15) is 0 Å². The van der Waals surface area contributed by atoms with Crippen molar-refractivity contribution >= 4 is 11.8 Å². The molecular formula is C14H25NOS. The van der Waals surface area contributed by atoms with E-state index in [1.54, 1.807) is 0 Å². The first-order valence-electron chi connectivity index (χ1n) is 7.28. The maximum absolute atomic E-state index is 5.89. The van der Waals surface area contributed by atoms with Gasteiger partial charge in [-0.15, -0.1) is 0 Å². The van der Waals surface area contributed by atoms with Crippen molar-refractivity contribution in [2.75, 3.05) is 24.7 Å². The Morgan fingerprint density at radius 2 is 2.29 bits per heavy atom. The van der Waals surface area contributed by atoms with Gasteiger partial charge in [-0.1, -0.05) is 6.42 Å². The van der Waals surface area contributed by atoms with Gasteiger partial charge in [0.05, 0.1) is 6.10 Å². The highest BCUT2D eigenvalue weighted by atomic mass is 32.2. The Labute approximate surface area is 109 Å². The fraction of sp³-hybridized carbons (Fsp3) is 1.00. The molecule has 1 aliphatic heterocycles. The fourth-order valence-corrected chi connectivity index (χ4v) is 5.06. The van der Waals surface area contributed by atoms with Gasteiger partial charge in [0.2, 0.25) is 0 Å². The summed E-state index contributed by atoms with van der Waals surface area (Å²) in [4.78, 5) is 0. The van der Waals surface area contributed by atoms with Crippen LogP contribution in [0.4, 0.5) is 0 Å². The fourth-order valence-electron chi connectivity index (χ4n) is 3.78. The van der Waals surface area contributed by atoms with Gasteiger partial charge >= 0.3 is 0 Å². The molecule has 3 unspecified atom stereocenters. The third-order valence-corrected chi connectivity index (χ3v) is 6.35. The summed E-state index contributed by atoms with van der Waals surface area (Å²) in [7, 11) is 0. The van der Waals surface area contributed by atoms with Crippen LogP contribution in [0.15, 0.2) is 0 Å². The first-order valence-corrected chi connectivity index (χ1v) is 8.43. The van der Waals surface area contributed by atoms with Crippen molar-refractivity contribution in [2.24, 2.45) is 11.3 Å². The first-order chi connectivity index (χ1) is 8.35. The van der Waals surface area contributed by atoms with Gasteiger partial charge in [-0.05, 0) is 56.6 Å². The summed E-state index contributed by atoms with van der Waals surface area (Å²) in [5.74, 6) is 3.69. The Balaban J connectivity index is 1.48. The summed E-state index contributed by atoms with van der Waals surface area (Å²) in [6, 6.07) is 0.762. The summed E-state index contributed by atoms with van der Waals surface area (Å²) in [6.45, 7) is 4.26. The highest BCUT2D eigenvalue weighted by molar-refractivity contribution is 7.99. The number of hydrogen-bond donors (Lipinski definition) is 1. The van der Waals surface area contributed by atoms with Crippen LogP contribution in [0.1, 0.15) is 39.0 Å². The third kappa shape index (κ3) is 2.15. The molecule has 0 aromatic carbocycles. The summed E-state index contributed by atoms with van der Waals surface area (Å²) in [5.41, 5.74) is 0.543. The van der Waals surface area contributed by atoms with Crippen LogP contribution in [0, 0.1) is 11.3 Å². The Morgan fingerprint density at radius 1 is 1.41 bits per heavy atom. The van der Waals surface area contributed by atoms with E-state index in [0.717, 1.165) is 18.6 Å². The zero-order valence-corrected chi connectivity index (χ0v) is 11.7. The van der Waals surface area contributed by atoms with Crippen molar-refractivity contribution in [3.63, 3.8) is 0 Å². The van der Waals surface area contributed by atoms with Crippen molar-refractivity contribution in [1.82, 2.24) is 5.32 Å². The monoisotopic (exact) mass is 255 g/mol. The SMILES string of the molecule is CCOC1CC(NCC2CCSC2)C12CCC2. The molecule has 1 saturated heterocycles. The number of rotatable bonds is 5. The first kappa shape index (κ1) is 12.3. The van der Waals surface area contributed by atoms with Crippen molar-refractivity contribution in [3.05, 3.63) is 0 Å². The maximum Gasteiger partial charge on any atom is 0.0661 e. The van der Waals surface area contributed by atoms with Crippen molar-refractivity contribution in [1.29, 1.82) is 0 Å². The van der Waals surface area contributed by atoms with Gasteiger partial charge in [-0.3, -0.25) is 0 Å². The minimum atomic E-state index is 0.543. The normalized spacial score (nSPS) is 39.0. The van der Waals surface area contributed by atoms with E-state index < -0.39 is 0 Å². The molecule has 98 valence electrons. The van der Waals surface area contributed by atoms with Crippen LogP contribution in [0.3, 0.4) is 0 Å². The second kappa shape index (κ2) is 5.10. The smallest absolute Gasteiger partial charge is 0.0661 e. The Bertz CT molecular complexity index is 261. The quantitative estimate of drug-likeness (QED) is 0.816. The molecule has 0 aromatic heterocycles. The number of thioether (sulfide) groups is 1. The number of hydrogen-bond acceptors (Lipinski definition) is 3. The Kier molecular flexibility index (Phi) is 3.69. The zero-order chi connectivity index (χ0) is 11.7. The van der Waals surface area contributed by atoms with Gasteiger partial charge in [-0.25, -0.2) is 0 Å². The predicted octanol–water partition coefficient (Wildman–Crippen LogP) is 2.68. The van der Waals surface area contributed by atoms with Crippen molar-refractivity contribution < 1.29 is 4.74 Å². The van der Waals surface area contributed by atoms with Gasteiger partial charge in [0.25, 0.3) is 0 Å². The van der Waals surface area contributed by atoms with Crippen LogP contribution in [0.2, 0.25) is 0 Å². The zero-order valence-electron chi connectivity index (χ0n) is 10.9. The van der Waals surface area contributed by atoms with Gasteiger partial charge in [0, 0.05) is 18.1 Å². The van der Waals surface area contributed by atoms with E-state index in [4.69, 9.17) is 4.74 Å². The molecule has 0 radical (unpaired) electrons. The second-order valence-electron chi connectivity index (χ2n) is 5.96. The van der Waals surface area contributed by atoms with Crippen molar-refractivity contribution in [3.8, 4) is 0 Å². The molecule has 1 spiro atoms.